The van der Waals surface area contributed by atoms with Gasteiger partial charge in [0.1, 0.15) is 12.8 Å². The van der Waals surface area contributed by atoms with Crippen molar-refractivity contribution in [1.29, 1.82) is 0 Å². The summed E-state index contributed by atoms with van der Waals surface area (Å²) < 4.78 is 11.6. The second kappa shape index (κ2) is 11.9. The third-order valence-electron chi connectivity index (χ3n) is 5.87. The zero-order valence-electron chi connectivity index (χ0n) is 21.2. The molecule has 4 aromatic carbocycles. The van der Waals surface area contributed by atoms with Crippen LogP contribution in [0.5, 0.6) is 11.5 Å². The Morgan fingerprint density at radius 2 is 1.30 bits per heavy atom. The van der Waals surface area contributed by atoms with E-state index in [-0.39, 0.29) is 11.8 Å². The molecule has 0 aliphatic carbocycles. The Kier molecular flexibility index (Phi) is 8.21. The number of methoxy groups -OCH3 is 1. The van der Waals surface area contributed by atoms with Gasteiger partial charge in [-0.2, -0.15) is 0 Å². The van der Waals surface area contributed by atoms with Crippen molar-refractivity contribution >= 4 is 11.8 Å². The van der Waals surface area contributed by atoms with Gasteiger partial charge in [0.15, 0.2) is 11.5 Å². The minimum absolute atomic E-state index is 0.305. The summed E-state index contributed by atoms with van der Waals surface area (Å²) >= 11 is 0. The quantitative estimate of drug-likeness (QED) is 0.291. The van der Waals surface area contributed by atoms with Crippen molar-refractivity contribution in [1.82, 2.24) is 10.6 Å². The van der Waals surface area contributed by atoms with E-state index >= 15 is 0 Å². The molecule has 0 aliphatic rings. The smallest absolute Gasteiger partial charge is 0.253 e. The number of rotatable bonds is 9. The molecular formula is C31H30N2O4. The molecule has 0 unspecified atom stereocenters. The third kappa shape index (κ3) is 6.76. The van der Waals surface area contributed by atoms with Crippen LogP contribution in [0.2, 0.25) is 0 Å². The maximum Gasteiger partial charge on any atom is 0.253 e. The number of amides is 2. The molecule has 0 atom stereocenters. The van der Waals surface area contributed by atoms with Crippen molar-refractivity contribution in [3.8, 4) is 11.5 Å². The van der Waals surface area contributed by atoms with Crippen LogP contribution in [0, 0.1) is 13.8 Å². The van der Waals surface area contributed by atoms with E-state index < -0.39 is 6.17 Å². The van der Waals surface area contributed by atoms with E-state index in [1.54, 1.807) is 49.6 Å². The van der Waals surface area contributed by atoms with Crippen molar-refractivity contribution in [2.24, 2.45) is 0 Å². The summed E-state index contributed by atoms with van der Waals surface area (Å²) in [5, 5.41) is 5.93. The molecule has 4 rings (SSSR count). The summed E-state index contributed by atoms with van der Waals surface area (Å²) in [6.07, 6.45) is -0.814. The molecule has 2 amide bonds. The van der Waals surface area contributed by atoms with Gasteiger partial charge in [0.2, 0.25) is 0 Å². The standard InChI is InChI=1S/C31H30N2O4/c1-21-9-7-13-25(17-21)30(34)32-29(33-31(35)26-14-8-10-22(2)18-26)24-15-16-27(36-3)28(19-24)37-20-23-11-5-4-6-12-23/h4-19,29H,20H2,1-3H3,(H,32,34)(H,33,35). The van der Waals surface area contributed by atoms with Crippen LogP contribution in [-0.4, -0.2) is 18.9 Å². The van der Waals surface area contributed by atoms with E-state index in [1.165, 1.54) is 0 Å². The van der Waals surface area contributed by atoms with Crippen molar-refractivity contribution < 1.29 is 19.1 Å². The van der Waals surface area contributed by atoms with Crippen molar-refractivity contribution in [3.63, 3.8) is 0 Å². The minimum Gasteiger partial charge on any atom is -0.493 e. The molecule has 0 radical (unpaired) electrons. The van der Waals surface area contributed by atoms with Gasteiger partial charge in [0.25, 0.3) is 11.8 Å². The first-order chi connectivity index (χ1) is 17.9. The average Bonchev–Trinajstić information content (AvgIpc) is 2.92. The van der Waals surface area contributed by atoms with Gasteiger partial charge in [0, 0.05) is 11.1 Å². The van der Waals surface area contributed by atoms with E-state index in [1.807, 2.05) is 68.4 Å². The van der Waals surface area contributed by atoms with Crippen LogP contribution in [0.4, 0.5) is 0 Å². The molecule has 6 heteroatoms. The summed E-state index contributed by atoms with van der Waals surface area (Å²) in [5.74, 6) is 0.443. The monoisotopic (exact) mass is 494 g/mol. The molecule has 0 fully saturated rings. The largest absolute Gasteiger partial charge is 0.493 e. The van der Waals surface area contributed by atoms with E-state index in [9.17, 15) is 9.59 Å². The Morgan fingerprint density at radius 1 is 0.703 bits per heavy atom. The molecule has 0 aromatic heterocycles. The molecule has 4 aromatic rings. The molecule has 37 heavy (non-hydrogen) atoms. The molecule has 6 nitrogen and oxygen atoms in total. The maximum absolute atomic E-state index is 13.2. The van der Waals surface area contributed by atoms with Crippen molar-refractivity contribution in [3.05, 3.63) is 130 Å². The first kappa shape index (κ1) is 25.5. The zero-order chi connectivity index (χ0) is 26.2. The van der Waals surface area contributed by atoms with Gasteiger partial charge in [-0.05, 0) is 61.4 Å². The summed E-state index contributed by atoms with van der Waals surface area (Å²) in [6, 6.07) is 29.7. The Hall–Kier alpha value is -4.58. The number of carbonyl (C=O) groups is 2. The minimum atomic E-state index is -0.814. The van der Waals surface area contributed by atoms with Crippen LogP contribution < -0.4 is 20.1 Å². The molecule has 0 saturated heterocycles. The van der Waals surface area contributed by atoms with Crippen LogP contribution in [0.1, 0.15) is 49.1 Å². The predicted octanol–water partition coefficient (Wildman–Crippen LogP) is 5.75. The fourth-order valence-corrected chi connectivity index (χ4v) is 3.93. The van der Waals surface area contributed by atoms with Crippen LogP contribution in [0.3, 0.4) is 0 Å². The molecule has 0 heterocycles. The summed E-state index contributed by atoms with van der Waals surface area (Å²) in [5.41, 5.74) is 4.59. The number of nitrogens with one attached hydrogen (secondary N) is 2. The molecule has 188 valence electrons. The van der Waals surface area contributed by atoms with Crippen molar-refractivity contribution in [2.45, 2.75) is 26.6 Å². The average molecular weight is 495 g/mol. The number of ether oxygens (including phenoxy) is 2. The normalized spacial score (nSPS) is 10.6. The Bertz CT molecular complexity index is 1330. The van der Waals surface area contributed by atoms with Gasteiger partial charge in [-0.1, -0.05) is 71.8 Å². The van der Waals surface area contributed by atoms with Gasteiger partial charge in [-0.3, -0.25) is 9.59 Å². The van der Waals surface area contributed by atoms with Crippen LogP contribution in [0.15, 0.2) is 97.1 Å². The highest BCUT2D eigenvalue weighted by atomic mass is 16.5. The Morgan fingerprint density at radius 3 is 1.84 bits per heavy atom. The summed E-state index contributed by atoms with van der Waals surface area (Å²) in [7, 11) is 1.57. The highest BCUT2D eigenvalue weighted by Crippen LogP contribution is 2.31. The fourth-order valence-electron chi connectivity index (χ4n) is 3.93. The number of hydrogen-bond donors (Lipinski definition) is 2. The zero-order valence-corrected chi connectivity index (χ0v) is 21.2. The van der Waals surface area contributed by atoms with Crippen LogP contribution >= 0.6 is 0 Å². The lowest BCUT2D eigenvalue weighted by atomic mass is 10.1. The number of aryl methyl sites for hydroxylation is 2. The van der Waals surface area contributed by atoms with Gasteiger partial charge >= 0.3 is 0 Å². The lowest BCUT2D eigenvalue weighted by molar-refractivity contribution is 0.0883. The molecule has 0 saturated carbocycles. The second-order valence-electron chi connectivity index (χ2n) is 8.80. The van der Waals surface area contributed by atoms with Gasteiger partial charge in [0.05, 0.1) is 7.11 Å². The highest BCUT2D eigenvalue weighted by molar-refractivity contribution is 5.97. The van der Waals surface area contributed by atoms with E-state index in [2.05, 4.69) is 10.6 Å². The van der Waals surface area contributed by atoms with Crippen molar-refractivity contribution in [2.75, 3.05) is 7.11 Å². The van der Waals surface area contributed by atoms with E-state index in [4.69, 9.17) is 9.47 Å². The Labute approximate surface area is 217 Å². The van der Waals surface area contributed by atoms with E-state index in [0.717, 1.165) is 16.7 Å². The lowest BCUT2D eigenvalue weighted by Crippen LogP contribution is -2.41. The summed E-state index contributed by atoms with van der Waals surface area (Å²) in [4.78, 5) is 26.3. The van der Waals surface area contributed by atoms with Gasteiger partial charge < -0.3 is 20.1 Å². The number of carbonyl (C=O) groups excluding carboxylic acids is 2. The maximum atomic E-state index is 13.2. The topological polar surface area (TPSA) is 76.7 Å². The third-order valence-corrected chi connectivity index (χ3v) is 5.87. The van der Waals surface area contributed by atoms with Gasteiger partial charge in [-0.15, -0.1) is 0 Å². The molecule has 0 aliphatic heterocycles. The van der Waals surface area contributed by atoms with E-state index in [0.29, 0.717) is 34.8 Å². The fraction of sp³-hybridized carbons (Fsp3) is 0.161. The number of hydrogen-bond acceptors (Lipinski definition) is 4. The number of benzene rings is 4. The van der Waals surface area contributed by atoms with Crippen LogP contribution in [-0.2, 0) is 6.61 Å². The first-order valence-electron chi connectivity index (χ1n) is 12.0. The molecule has 0 bridgehead atoms. The molecule has 2 N–H and O–H groups in total. The highest BCUT2D eigenvalue weighted by Gasteiger charge is 2.21. The SMILES string of the molecule is COc1ccc(C(NC(=O)c2cccc(C)c2)NC(=O)c2cccc(C)c2)cc1OCc1ccccc1. The van der Waals surface area contributed by atoms with Gasteiger partial charge in [-0.25, -0.2) is 0 Å². The Balaban J connectivity index is 1.64. The molecule has 0 spiro atoms. The second-order valence-corrected chi connectivity index (χ2v) is 8.80. The predicted molar refractivity (Wildman–Crippen MR) is 144 cm³/mol. The lowest BCUT2D eigenvalue weighted by Gasteiger charge is -2.22. The molecular weight excluding hydrogens is 464 g/mol. The first-order valence-corrected chi connectivity index (χ1v) is 12.0. The van der Waals surface area contributed by atoms with Crippen LogP contribution in [0.25, 0.3) is 0 Å². The summed E-state index contributed by atoms with van der Waals surface area (Å²) in [6.45, 7) is 4.19.